The van der Waals surface area contributed by atoms with Crippen molar-refractivity contribution in [2.45, 2.75) is 47.1 Å². The number of benzene rings is 1. The Bertz CT molecular complexity index is 934. The van der Waals surface area contributed by atoms with Gasteiger partial charge < -0.3 is 20.3 Å². The van der Waals surface area contributed by atoms with Crippen molar-refractivity contribution in [1.29, 1.82) is 0 Å². The predicted molar refractivity (Wildman–Crippen MR) is 131 cm³/mol. The van der Waals surface area contributed by atoms with Crippen molar-refractivity contribution >= 4 is 45.5 Å². The highest BCUT2D eigenvalue weighted by atomic mass is 32.1. The molecule has 1 aromatic heterocycles. The molecule has 8 heteroatoms. The molecule has 1 aromatic carbocycles. The summed E-state index contributed by atoms with van der Waals surface area (Å²) in [5.74, 6) is -0.602. The lowest BCUT2D eigenvalue weighted by Gasteiger charge is -2.18. The average molecular weight is 462 g/mol. The minimum Gasteiger partial charge on any atom is -0.465 e. The standard InChI is InChI=1S/C23H31N3O3S2/c1-7-16-10-12-17(13-11-16)15(5)24-23(30)25-20-18(22(28)29-6)14(4)19(31-20)21(27)26(8-2)9-3/h10-13,15H,7-9H2,1-6H3,(H2,24,25,30). The lowest BCUT2D eigenvalue weighted by molar-refractivity contribution is 0.0601. The zero-order valence-electron chi connectivity index (χ0n) is 19.0. The van der Waals surface area contributed by atoms with Crippen molar-refractivity contribution in [2.75, 3.05) is 25.5 Å². The fourth-order valence-corrected chi connectivity index (χ4v) is 4.78. The molecule has 1 atom stereocenters. The molecule has 1 unspecified atom stereocenters. The van der Waals surface area contributed by atoms with Crippen LogP contribution in [-0.4, -0.2) is 42.1 Å². The number of nitrogens with zero attached hydrogens (tertiary/aromatic N) is 1. The summed E-state index contributed by atoms with van der Waals surface area (Å²) in [5.41, 5.74) is 3.32. The van der Waals surface area contributed by atoms with Crippen LogP contribution in [0.3, 0.4) is 0 Å². The third-order valence-electron chi connectivity index (χ3n) is 5.24. The molecule has 0 saturated carbocycles. The number of hydrogen-bond acceptors (Lipinski definition) is 5. The number of rotatable bonds is 8. The number of carbonyl (C=O) groups excluding carboxylic acids is 2. The molecule has 1 heterocycles. The fourth-order valence-electron chi connectivity index (χ4n) is 3.27. The van der Waals surface area contributed by atoms with E-state index in [4.69, 9.17) is 17.0 Å². The first-order valence-corrected chi connectivity index (χ1v) is 11.7. The van der Waals surface area contributed by atoms with E-state index in [-0.39, 0.29) is 11.9 Å². The lowest BCUT2D eigenvalue weighted by atomic mass is 10.1. The molecule has 0 saturated heterocycles. The quantitative estimate of drug-likeness (QED) is 0.429. The number of amides is 1. The Hall–Kier alpha value is -2.45. The summed E-state index contributed by atoms with van der Waals surface area (Å²) in [6, 6.07) is 8.34. The SMILES string of the molecule is CCc1ccc(C(C)NC(=S)Nc2sc(C(=O)N(CC)CC)c(C)c2C(=O)OC)cc1. The van der Waals surface area contributed by atoms with Crippen LogP contribution >= 0.6 is 23.6 Å². The van der Waals surface area contributed by atoms with Gasteiger partial charge in [0.05, 0.1) is 23.6 Å². The Morgan fingerprint density at radius 1 is 1.16 bits per heavy atom. The molecule has 0 spiro atoms. The summed E-state index contributed by atoms with van der Waals surface area (Å²) in [6.45, 7) is 11.0. The molecule has 2 rings (SSSR count). The van der Waals surface area contributed by atoms with Crippen LogP contribution in [-0.2, 0) is 11.2 Å². The van der Waals surface area contributed by atoms with Crippen molar-refractivity contribution in [3.8, 4) is 0 Å². The van der Waals surface area contributed by atoms with E-state index >= 15 is 0 Å². The molecule has 168 valence electrons. The van der Waals surface area contributed by atoms with E-state index in [2.05, 4.69) is 41.8 Å². The van der Waals surface area contributed by atoms with Crippen LogP contribution in [0.5, 0.6) is 0 Å². The first-order chi connectivity index (χ1) is 14.8. The van der Waals surface area contributed by atoms with Crippen LogP contribution in [0, 0.1) is 6.92 Å². The molecule has 0 fully saturated rings. The molecular formula is C23H31N3O3S2. The molecule has 6 nitrogen and oxygen atoms in total. The number of ether oxygens (including phenoxy) is 1. The minimum absolute atomic E-state index is 0.0229. The largest absolute Gasteiger partial charge is 0.465 e. The van der Waals surface area contributed by atoms with Crippen LogP contribution in [0.1, 0.15) is 70.5 Å². The summed E-state index contributed by atoms with van der Waals surface area (Å²) in [5, 5.41) is 7.24. The topological polar surface area (TPSA) is 70.7 Å². The first-order valence-electron chi connectivity index (χ1n) is 10.4. The monoisotopic (exact) mass is 461 g/mol. The Morgan fingerprint density at radius 3 is 2.29 bits per heavy atom. The van der Waals surface area contributed by atoms with E-state index in [0.29, 0.717) is 39.2 Å². The average Bonchev–Trinajstić information content (AvgIpc) is 3.09. The second-order valence-electron chi connectivity index (χ2n) is 7.14. The zero-order valence-corrected chi connectivity index (χ0v) is 20.6. The second kappa shape index (κ2) is 11.2. The third-order valence-corrected chi connectivity index (χ3v) is 6.66. The van der Waals surface area contributed by atoms with Gasteiger partial charge in [-0.15, -0.1) is 11.3 Å². The number of nitrogens with one attached hydrogen (secondary N) is 2. The van der Waals surface area contributed by atoms with Gasteiger partial charge >= 0.3 is 5.97 Å². The number of aryl methyl sites for hydroxylation is 1. The summed E-state index contributed by atoms with van der Waals surface area (Å²) < 4.78 is 4.96. The maximum absolute atomic E-state index is 12.9. The third kappa shape index (κ3) is 5.83. The normalized spacial score (nSPS) is 11.5. The highest BCUT2D eigenvalue weighted by Crippen LogP contribution is 2.34. The maximum Gasteiger partial charge on any atom is 0.341 e. The van der Waals surface area contributed by atoms with E-state index < -0.39 is 5.97 Å². The Balaban J connectivity index is 2.25. The molecule has 1 amide bonds. The van der Waals surface area contributed by atoms with Crippen LogP contribution in [0.2, 0.25) is 0 Å². The molecule has 0 aliphatic heterocycles. The molecule has 0 bridgehead atoms. The number of carbonyl (C=O) groups is 2. The minimum atomic E-state index is -0.499. The van der Waals surface area contributed by atoms with Gasteiger partial charge in [-0.1, -0.05) is 31.2 Å². The Morgan fingerprint density at radius 2 is 1.77 bits per heavy atom. The highest BCUT2D eigenvalue weighted by Gasteiger charge is 2.27. The van der Waals surface area contributed by atoms with Gasteiger partial charge in [-0.05, 0) is 63.0 Å². The van der Waals surface area contributed by atoms with Gasteiger partial charge in [0, 0.05) is 13.1 Å². The highest BCUT2D eigenvalue weighted by molar-refractivity contribution is 7.80. The Labute approximate surface area is 194 Å². The van der Waals surface area contributed by atoms with Crippen LogP contribution in [0.25, 0.3) is 0 Å². The van der Waals surface area contributed by atoms with Crippen molar-refractivity contribution in [2.24, 2.45) is 0 Å². The molecule has 2 N–H and O–H groups in total. The predicted octanol–water partition coefficient (Wildman–Crippen LogP) is 4.94. The summed E-state index contributed by atoms with van der Waals surface area (Å²) >= 11 is 6.72. The van der Waals surface area contributed by atoms with E-state index in [9.17, 15) is 9.59 Å². The van der Waals surface area contributed by atoms with E-state index in [1.807, 2.05) is 20.8 Å². The van der Waals surface area contributed by atoms with Crippen molar-refractivity contribution in [3.63, 3.8) is 0 Å². The fraction of sp³-hybridized carbons (Fsp3) is 0.435. The first kappa shape index (κ1) is 24.8. The molecule has 2 aromatic rings. The molecule has 0 aliphatic rings. The number of anilines is 1. The number of thiocarbonyl (C=S) groups is 1. The second-order valence-corrected chi connectivity index (χ2v) is 8.57. The number of methoxy groups -OCH3 is 1. The summed E-state index contributed by atoms with van der Waals surface area (Å²) in [7, 11) is 1.33. The van der Waals surface area contributed by atoms with E-state index in [0.717, 1.165) is 12.0 Å². The number of hydrogen-bond donors (Lipinski definition) is 2. The smallest absolute Gasteiger partial charge is 0.341 e. The molecule has 0 radical (unpaired) electrons. The van der Waals surface area contributed by atoms with Gasteiger partial charge in [0.25, 0.3) is 5.91 Å². The maximum atomic E-state index is 12.9. The van der Waals surface area contributed by atoms with Crippen molar-refractivity contribution in [3.05, 3.63) is 51.4 Å². The summed E-state index contributed by atoms with van der Waals surface area (Å²) in [4.78, 5) is 27.6. The van der Waals surface area contributed by atoms with Gasteiger partial charge in [-0.3, -0.25) is 4.79 Å². The zero-order chi connectivity index (χ0) is 23.1. The summed E-state index contributed by atoms with van der Waals surface area (Å²) in [6.07, 6.45) is 0.991. The van der Waals surface area contributed by atoms with Crippen molar-refractivity contribution in [1.82, 2.24) is 10.2 Å². The van der Waals surface area contributed by atoms with Crippen LogP contribution in [0.15, 0.2) is 24.3 Å². The number of esters is 1. The lowest BCUT2D eigenvalue weighted by Crippen LogP contribution is -2.31. The van der Waals surface area contributed by atoms with E-state index in [1.165, 1.54) is 24.0 Å². The molecule has 0 aliphatic carbocycles. The van der Waals surface area contributed by atoms with Gasteiger partial charge in [0.15, 0.2) is 5.11 Å². The van der Waals surface area contributed by atoms with Crippen LogP contribution < -0.4 is 10.6 Å². The van der Waals surface area contributed by atoms with Gasteiger partial charge in [-0.25, -0.2) is 4.79 Å². The number of thiophene rings is 1. The van der Waals surface area contributed by atoms with Gasteiger partial charge in [0.1, 0.15) is 5.00 Å². The van der Waals surface area contributed by atoms with Gasteiger partial charge in [0.2, 0.25) is 0 Å². The van der Waals surface area contributed by atoms with Gasteiger partial charge in [-0.2, -0.15) is 0 Å². The molecular weight excluding hydrogens is 430 g/mol. The van der Waals surface area contributed by atoms with E-state index in [1.54, 1.807) is 11.8 Å². The Kier molecular flexibility index (Phi) is 9.00. The van der Waals surface area contributed by atoms with Crippen molar-refractivity contribution < 1.29 is 14.3 Å². The van der Waals surface area contributed by atoms with Crippen LogP contribution in [0.4, 0.5) is 5.00 Å². The molecule has 31 heavy (non-hydrogen) atoms.